The van der Waals surface area contributed by atoms with Crippen molar-refractivity contribution in [3.63, 3.8) is 0 Å². The normalized spacial score (nSPS) is 13.1. The van der Waals surface area contributed by atoms with Crippen LogP contribution < -0.4 is 5.32 Å². The third-order valence-corrected chi connectivity index (χ3v) is 4.71. The van der Waals surface area contributed by atoms with Crippen molar-refractivity contribution < 1.29 is 14.6 Å². The molecule has 1 amide bonds. The molecule has 0 radical (unpaired) electrons. The lowest BCUT2D eigenvalue weighted by atomic mass is 10.1. The van der Waals surface area contributed by atoms with Crippen molar-refractivity contribution in [2.24, 2.45) is 0 Å². The Morgan fingerprint density at radius 2 is 1.48 bits per heavy atom. The van der Waals surface area contributed by atoms with Gasteiger partial charge in [-0.1, -0.05) is 58.3 Å². The molecule has 23 heavy (non-hydrogen) atoms. The Kier molecular flexibility index (Phi) is 13.4. The summed E-state index contributed by atoms with van der Waals surface area (Å²) in [7, 11) is 3.57. The molecule has 138 valence electrons. The third kappa shape index (κ3) is 14.7. The van der Waals surface area contributed by atoms with Gasteiger partial charge in [-0.05, 0) is 19.8 Å². The lowest BCUT2D eigenvalue weighted by Gasteiger charge is -2.27. The minimum atomic E-state index is -0.00755. The lowest BCUT2D eigenvalue weighted by molar-refractivity contribution is -1.09. The summed E-state index contributed by atoms with van der Waals surface area (Å²) in [5.41, 5.74) is 0. The molecule has 0 spiro atoms. The third-order valence-electron chi connectivity index (χ3n) is 4.71. The molecule has 1 atom stereocenters. The van der Waals surface area contributed by atoms with Gasteiger partial charge in [0.15, 0.2) is 0 Å². The van der Waals surface area contributed by atoms with Crippen LogP contribution in [0.15, 0.2) is 0 Å². The maximum Gasteiger partial charge on any atom is 0.219 e. The molecule has 0 aliphatic heterocycles. The molecule has 0 aliphatic carbocycles. The summed E-state index contributed by atoms with van der Waals surface area (Å²) in [5.74, 6) is 0.179. The zero-order chi connectivity index (χ0) is 17.6. The molecule has 0 aromatic rings. The van der Waals surface area contributed by atoms with Crippen LogP contribution in [-0.2, 0) is 4.79 Å². The summed E-state index contributed by atoms with van der Waals surface area (Å²) >= 11 is 0. The number of amides is 1. The standard InChI is InChI=1S/C19H40N2O2/c1-5-6-7-8-9-10-11-12-13-16-19(22)20-17-14-15-18(2)21(3,4)23/h18,23H,5-17H2,1-4H3/p+1. The molecule has 0 saturated heterocycles. The predicted octanol–water partition coefficient (Wildman–Crippen LogP) is 4.66. The van der Waals surface area contributed by atoms with Gasteiger partial charge in [-0.15, -0.1) is 0 Å². The molecule has 4 heteroatoms. The van der Waals surface area contributed by atoms with Gasteiger partial charge in [0.05, 0.1) is 14.1 Å². The number of quaternary nitrogens is 1. The van der Waals surface area contributed by atoms with E-state index in [9.17, 15) is 10.0 Å². The molecule has 2 N–H and O–H groups in total. The number of carbonyl (C=O) groups excluding carboxylic acids is 1. The second-order valence-corrected chi connectivity index (χ2v) is 7.40. The Morgan fingerprint density at radius 1 is 0.957 bits per heavy atom. The molecule has 0 fully saturated rings. The van der Waals surface area contributed by atoms with Crippen LogP contribution in [0.5, 0.6) is 0 Å². The van der Waals surface area contributed by atoms with E-state index in [1.165, 1.54) is 51.4 Å². The van der Waals surface area contributed by atoms with E-state index in [-0.39, 0.29) is 16.6 Å². The number of hydrogen-bond donors (Lipinski definition) is 2. The van der Waals surface area contributed by atoms with Gasteiger partial charge in [-0.25, -0.2) is 5.21 Å². The molecule has 0 rings (SSSR count). The fourth-order valence-corrected chi connectivity index (χ4v) is 2.63. The van der Waals surface area contributed by atoms with Crippen molar-refractivity contribution >= 4 is 5.91 Å². The Bertz CT molecular complexity index is 288. The summed E-state index contributed by atoms with van der Waals surface area (Å²) in [6.07, 6.45) is 14.1. The van der Waals surface area contributed by atoms with Gasteiger partial charge in [0.25, 0.3) is 0 Å². The van der Waals surface area contributed by atoms with Crippen molar-refractivity contribution in [1.82, 2.24) is 5.32 Å². The minimum absolute atomic E-state index is 0.00755. The monoisotopic (exact) mass is 329 g/mol. The van der Waals surface area contributed by atoms with Crippen molar-refractivity contribution in [2.45, 2.75) is 96.9 Å². The van der Waals surface area contributed by atoms with E-state index in [2.05, 4.69) is 12.2 Å². The minimum Gasteiger partial charge on any atom is -0.356 e. The first-order valence-corrected chi connectivity index (χ1v) is 9.71. The largest absolute Gasteiger partial charge is 0.356 e. The van der Waals surface area contributed by atoms with Gasteiger partial charge in [-0.3, -0.25) is 4.79 Å². The maximum atomic E-state index is 11.7. The van der Waals surface area contributed by atoms with E-state index in [0.717, 1.165) is 25.8 Å². The first-order valence-electron chi connectivity index (χ1n) is 9.71. The van der Waals surface area contributed by atoms with E-state index >= 15 is 0 Å². The number of unbranched alkanes of at least 4 members (excludes halogenated alkanes) is 8. The van der Waals surface area contributed by atoms with E-state index < -0.39 is 0 Å². The zero-order valence-electron chi connectivity index (χ0n) is 16.1. The quantitative estimate of drug-likeness (QED) is 0.261. The van der Waals surface area contributed by atoms with Crippen molar-refractivity contribution in [2.75, 3.05) is 20.6 Å². The summed E-state index contributed by atoms with van der Waals surface area (Å²) in [6, 6.07) is 0.198. The Morgan fingerprint density at radius 3 is 2.00 bits per heavy atom. The van der Waals surface area contributed by atoms with Gasteiger partial charge in [-0.2, -0.15) is 4.65 Å². The van der Waals surface area contributed by atoms with Crippen LogP contribution in [0.2, 0.25) is 0 Å². The average molecular weight is 330 g/mol. The Labute approximate surface area is 144 Å². The summed E-state index contributed by atoms with van der Waals surface area (Å²) in [5, 5.41) is 12.8. The first kappa shape index (κ1) is 22.4. The highest BCUT2D eigenvalue weighted by Gasteiger charge is 2.20. The maximum absolute atomic E-state index is 11.7. The summed E-state index contributed by atoms with van der Waals surface area (Å²) < 4.78 is -0.00755. The summed E-state index contributed by atoms with van der Waals surface area (Å²) in [6.45, 7) is 5.00. The van der Waals surface area contributed by atoms with Gasteiger partial charge in [0.2, 0.25) is 5.91 Å². The molecular weight excluding hydrogens is 288 g/mol. The van der Waals surface area contributed by atoms with Crippen LogP contribution >= 0.6 is 0 Å². The van der Waals surface area contributed by atoms with Gasteiger partial charge >= 0.3 is 0 Å². The van der Waals surface area contributed by atoms with Crippen molar-refractivity contribution in [3.05, 3.63) is 0 Å². The fraction of sp³-hybridized carbons (Fsp3) is 0.947. The van der Waals surface area contributed by atoms with Crippen LogP contribution in [0.3, 0.4) is 0 Å². The lowest BCUT2D eigenvalue weighted by Crippen LogP contribution is -2.44. The first-order chi connectivity index (χ1) is 10.9. The predicted molar refractivity (Wildman–Crippen MR) is 97.4 cm³/mol. The molecule has 0 aromatic heterocycles. The Hall–Kier alpha value is -0.610. The van der Waals surface area contributed by atoms with Crippen LogP contribution in [0.4, 0.5) is 0 Å². The zero-order valence-corrected chi connectivity index (χ0v) is 16.1. The SMILES string of the molecule is CCCCCCCCCCCC(=O)NCCCC(C)[N+](C)(C)O. The second-order valence-electron chi connectivity index (χ2n) is 7.40. The molecule has 0 heterocycles. The molecular formula is C19H41N2O2+. The number of nitrogens with one attached hydrogen (secondary N) is 1. The number of rotatable bonds is 15. The molecule has 0 saturated carbocycles. The van der Waals surface area contributed by atoms with Gasteiger partial charge < -0.3 is 5.32 Å². The van der Waals surface area contributed by atoms with Crippen LogP contribution in [-0.4, -0.2) is 42.4 Å². The van der Waals surface area contributed by atoms with Crippen molar-refractivity contribution in [1.29, 1.82) is 0 Å². The molecule has 1 unspecified atom stereocenters. The van der Waals surface area contributed by atoms with E-state index in [4.69, 9.17) is 0 Å². The highest BCUT2D eigenvalue weighted by atomic mass is 16.5. The highest BCUT2D eigenvalue weighted by molar-refractivity contribution is 5.75. The average Bonchev–Trinajstić information content (AvgIpc) is 2.48. The van der Waals surface area contributed by atoms with Crippen LogP contribution in [0.25, 0.3) is 0 Å². The Balaban J connectivity index is 3.35. The number of hydroxylamine groups is 3. The van der Waals surface area contributed by atoms with Gasteiger partial charge in [0.1, 0.15) is 6.04 Å². The van der Waals surface area contributed by atoms with Crippen molar-refractivity contribution in [3.8, 4) is 0 Å². The summed E-state index contributed by atoms with van der Waals surface area (Å²) in [4.78, 5) is 11.7. The molecule has 0 bridgehead atoms. The number of nitrogens with zero attached hydrogens (tertiary/aromatic N) is 1. The molecule has 0 aromatic carbocycles. The van der Waals surface area contributed by atoms with E-state index in [1.54, 1.807) is 14.1 Å². The van der Waals surface area contributed by atoms with E-state index in [0.29, 0.717) is 6.42 Å². The number of carbonyl (C=O) groups is 1. The molecule has 0 aliphatic rings. The fourth-order valence-electron chi connectivity index (χ4n) is 2.63. The number of hydrogen-bond acceptors (Lipinski definition) is 2. The van der Waals surface area contributed by atoms with Crippen LogP contribution in [0, 0.1) is 0 Å². The second kappa shape index (κ2) is 13.8. The smallest absolute Gasteiger partial charge is 0.219 e. The van der Waals surface area contributed by atoms with Crippen LogP contribution in [0.1, 0.15) is 90.9 Å². The molecule has 4 nitrogen and oxygen atoms in total. The highest BCUT2D eigenvalue weighted by Crippen LogP contribution is 2.11. The van der Waals surface area contributed by atoms with Gasteiger partial charge in [0, 0.05) is 19.4 Å². The van der Waals surface area contributed by atoms with E-state index in [1.807, 2.05) is 6.92 Å². The topological polar surface area (TPSA) is 49.3 Å².